The summed E-state index contributed by atoms with van der Waals surface area (Å²) in [5.74, 6) is -0.0271. The highest BCUT2D eigenvalue weighted by molar-refractivity contribution is 7.92. The first-order valence-corrected chi connectivity index (χ1v) is 15.0. The van der Waals surface area contributed by atoms with Gasteiger partial charge in [0.05, 0.1) is 25.2 Å². The van der Waals surface area contributed by atoms with Crippen LogP contribution in [0.1, 0.15) is 24.2 Å². The highest BCUT2D eigenvalue weighted by Gasteiger charge is 2.36. The van der Waals surface area contributed by atoms with Crippen molar-refractivity contribution in [3.63, 3.8) is 0 Å². The number of phenolic OH excluding ortho intramolecular Hbond substituents is 1. The first-order valence-electron chi connectivity index (χ1n) is 12.2. The number of amides is 1. The summed E-state index contributed by atoms with van der Waals surface area (Å²) >= 11 is 1.49. The summed E-state index contributed by atoms with van der Waals surface area (Å²) in [5, 5.41) is 29.9. The number of rotatable bonds is 11. The van der Waals surface area contributed by atoms with Crippen LogP contribution in [0.3, 0.4) is 0 Å². The van der Waals surface area contributed by atoms with Gasteiger partial charge < -0.3 is 20.3 Å². The molecule has 0 aliphatic heterocycles. The van der Waals surface area contributed by atoms with E-state index in [0.717, 1.165) is 16.8 Å². The molecule has 0 aliphatic rings. The Kier molecular flexibility index (Phi) is 8.74. The number of thiazole rings is 1. The van der Waals surface area contributed by atoms with Crippen molar-refractivity contribution in [2.75, 3.05) is 29.9 Å². The minimum atomic E-state index is -3.65. The van der Waals surface area contributed by atoms with Crippen LogP contribution in [0, 0.1) is 0 Å². The zero-order valence-corrected chi connectivity index (χ0v) is 23.7. The third kappa shape index (κ3) is 6.96. The Balaban J connectivity index is 1.59. The number of methoxy groups -OCH3 is 1. The van der Waals surface area contributed by atoms with Crippen molar-refractivity contribution >= 4 is 38.6 Å². The van der Waals surface area contributed by atoms with Gasteiger partial charge in [-0.15, -0.1) is 11.3 Å². The maximum atomic E-state index is 13.8. The van der Waals surface area contributed by atoms with Gasteiger partial charge in [-0.05, 0) is 54.4 Å². The maximum absolute atomic E-state index is 13.8. The average Bonchev–Trinajstić information content (AvgIpc) is 3.47. The van der Waals surface area contributed by atoms with E-state index in [1.54, 1.807) is 50.6 Å². The second-order valence-electron chi connectivity index (χ2n) is 9.27. The fourth-order valence-electron chi connectivity index (χ4n) is 4.05. The lowest BCUT2D eigenvalue weighted by Gasteiger charge is -2.31. The second-order valence-corrected chi connectivity index (χ2v) is 11.9. The molecule has 3 aromatic carbocycles. The number of aromatic hydroxyl groups is 1. The molecular weight excluding hydrogens is 552 g/mol. The number of ether oxygens (including phenoxy) is 1. The molecule has 0 saturated carbocycles. The van der Waals surface area contributed by atoms with E-state index < -0.39 is 21.7 Å². The van der Waals surface area contributed by atoms with Crippen LogP contribution in [0.4, 0.5) is 11.4 Å². The molecule has 2 atom stereocenters. The van der Waals surface area contributed by atoms with E-state index in [1.807, 2.05) is 23.6 Å². The summed E-state index contributed by atoms with van der Waals surface area (Å²) in [4.78, 5) is 18.1. The molecule has 0 bridgehead atoms. The smallest absolute Gasteiger partial charge is 0.249 e. The third-order valence-corrected chi connectivity index (χ3v) is 7.68. The number of hydrogen-bond acceptors (Lipinski definition) is 9. The Hall–Kier alpha value is -3.97. The zero-order chi connectivity index (χ0) is 28.9. The summed E-state index contributed by atoms with van der Waals surface area (Å²) in [6.07, 6.45) is 1.54. The molecular formula is C28H30N4O6S2. The number of aliphatic hydroxyl groups excluding tert-OH is 1. The van der Waals surface area contributed by atoms with Gasteiger partial charge in [-0.1, -0.05) is 30.3 Å². The molecule has 1 heterocycles. The fourth-order valence-corrected chi connectivity index (χ4v) is 5.25. The van der Waals surface area contributed by atoms with Gasteiger partial charge in [-0.25, -0.2) is 13.4 Å². The second kappa shape index (κ2) is 12.0. The molecule has 0 radical (unpaired) electrons. The predicted octanol–water partition coefficient (Wildman–Crippen LogP) is 4.07. The Labute approximate surface area is 236 Å². The van der Waals surface area contributed by atoms with Crippen LogP contribution in [0.5, 0.6) is 11.5 Å². The van der Waals surface area contributed by atoms with E-state index in [-0.39, 0.29) is 23.9 Å². The van der Waals surface area contributed by atoms with Gasteiger partial charge in [-0.2, -0.15) is 0 Å². The van der Waals surface area contributed by atoms with Gasteiger partial charge in [0, 0.05) is 29.4 Å². The monoisotopic (exact) mass is 582 g/mol. The summed E-state index contributed by atoms with van der Waals surface area (Å²) in [6, 6.07) is 18.5. The molecule has 1 unspecified atom stereocenters. The van der Waals surface area contributed by atoms with Gasteiger partial charge in [0.2, 0.25) is 15.9 Å². The van der Waals surface area contributed by atoms with E-state index in [4.69, 9.17) is 4.74 Å². The summed E-state index contributed by atoms with van der Waals surface area (Å²) in [5.41, 5.74) is 1.05. The number of sulfonamides is 1. The quantitative estimate of drug-likeness (QED) is 0.166. The van der Waals surface area contributed by atoms with Crippen molar-refractivity contribution < 1.29 is 28.2 Å². The van der Waals surface area contributed by atoms with Crippen molar-refractivity contribution in [3.05, 3.63) is 89.4 Å². The molecule has 1 aromatic heterocycles. The Morgan fingerprint density at radius 2 is 1.88 bits per heavy atom. The number of carbonyl (C=O) groups excluding carboxylic acids is 1. The standard InChI is InChI=1S/C28H30N4O6S2/c1-28(20-8-10-22(38-2)11-9-20,27(35)31-21-6-4-5-19(15-21)26-29-13-14-39-26)30-17-25(34)18-7-12-24(33)23(16-18)32-40(3,36)37/h4-16,25,30,32-34H,17H2,1-3H3,(H,31,35)/t25?,28-/m0/s1. The minimum Gasteiger partial charge on any atom is -0.506 e. The molecule has 0 saturated heterocycles. The van der Waals surface area contributed by atoms with Crippen molar-refractivity contribution in [2.45, 2.75) is 18.6 Å². The summed E-state index contributed by atoms with van der Waals surface area (Å²) in [6.45, 7) is 1.63. The number of benzene rings is 3. The fraction of sp³-hybridized carbons (Fsp3) is 0.214. The van der Waals surface area contributed by atoms with Crippen LogP contribution in [0.2, 0.25) is 0 Å². The van der Waals surface area contributed by atoms with Crippen LogP contribution in [-0.2, 0) is 20.4 Å². The number of carbonyl (C=O) groups is 1. The first kappa shape index (κ1) is 29.0. The number of hydrogen-bond donors (Lipinski definition) is 5. The molecule has 12 heteroatoms. The van der Waals surface area contributed by atoms with Gasteiger partial charge >= 0.3 is 0 Å². The number of aromatic nitrogens is 1. The molecule has 4 rings (SSSR count). The summed E-state index contributed by atoms with van der Waals surface area (Å²) < 4.78 is 30.8. The first-order chi connectivity index (χ1) is 19.0. The Bertz CT molecular complexity index is 1580. The van der Waals surface area contributed by atoms with Crippen molar-refractivity contribution in [1.82, 2.24) is 10.3 Å². The lowest BCUT2D eigenvalue weighted by Crippen LogP contribution is -2.50. The van der Waals surface area contributed by atoms with Crippen molar-refractivity contribution in [3.8, 4) is 22.1 Å². The SMILES string of the molecule is COc1ccc([C@](C)(NCC(O)c2ccc(O)c(NS(C)(=O)=O)c2)C(=O)Nc2cccc(-c3nccs3)c2)cc1. The van der Waals surface area contributed by atoms with Crippen LogP contribution in [0.15, 0.2) is 78.3 Å². The van der Waals surface area contributed by atoms with Crippen LogP contribution in [0.25, 0.3) is 10.6 Å². The summed E-state index contributed by atoms with van der Waals surface area (Å²) in [7, 11) is -2.10. The molecule has 0 fully saturated rings. The topological polar surface area (TPSA) is 150 Å². The van der Waals surface area contributed by atoms with E-state index in [1.165, 1.54) is 29.5 Å². The molecule has 40 heavy (non-hydrogen) atoms. The molecule has 5 N–H and O–H groups in total. The molecule has 10 nitrogen and oxygen atoms in total. The number of phenols is 1. The molecule has 1 amide bonds. The van der Waals surface area contributed by atoms with E-state index in [9.17, 15) is 23.4 Å². The highest BCUT2D eigenvalue weighted by atomic mass is 32.2. The van der Waals surface area contributed by atoms with Gasteiger partial charge in [0.25, 0.3) is 0 Å². The Morgan fingerprint density at radius 1 is 1.12 bits per heavy atom. The number of anilines is 2. The van der Waals surface area contributed by atoms with Crippen molar-refractivity contribution in [2.24, 2.45) is 0 Å². The molecule has 0 aliphatic carbocycles. The predicted molar refractivity (Wildman–Crippen MR) is 156 cm³/mol. The van der Waals surface area contributed by atoms with E-state index in [0.29, 0.717) is 22.6 Å². The molecule has 210 valence electrons. The third-order valence-electron chi connectivity index (χ3n) is 6.27. The van der Waals surface area contributed by atoms with Crippen LogP contribution in [-0.4, -0.2) is 49.4 Å². The lowest BCUT2D eigenvalue weighted by molar-refractivity contribution is -0.122. The van der Waals surface area contributed by atoms with Gasteiger partial charge in [-0.3, -0.25) is 14.8 Å². The minimum absolute atomic E-state index is 0.0604. The van der Waals surface area contributed by atoms with Crippen LogP contribution >= 0.6 is 11.3 Å². The average molecular weight is 583 g/mol. The number of nitrogens with one attached hydrogen (secondary N) is 3. The van der Waals surface area contributed by atoms with E-state index >= 15 is 0 Å². The van der Waals surface area contributed by atoms with E-state index in [2.05, 4.69) is 20.3 Å². The van der Waals surface area contributed by atoms with Crippen molar-refractivity contribution in [1.29, 1.82) is 0 Å². The highest BCUT2D eigenvalue weighted by Crippen LogP contribution is 2.30. The molecule has 4 aromatic rings. The van der Waals surface area contributed by atoms with Crippen LogP contribution < -0.4 is 20.1 Å². The normalized spacial score (nSPS) is 13.7. The number of nitrogens with zero attached hydrogens (tertiary/aromatic N) is 1. The maximum Gasteiger partial charge on any atom is 0.249 e. The lowest BCUT2D eigenvalue weighted by atomic mass is 9.90. The number of aliphatic hydroxyl groups is 1. The van der Waals surface area contributed by atoms with Gasteiger partial charge in [0.1, 0.15) is 22.0 Å². The Morgan fingerprint density at radius 3 is 2.52 bits per heavy atom. The largest absolute Gasteiger partial charge is 0.506 e. The van der Waals surface area contributed by atoms with Gasteiger partial charge in [0.15, 0.2) is 0 Å². The zero-order valence-electron chi connectivity index (χ0n) is 22.1. The molecule has 0 spiro atoms.